The SMILES string of the molecule is CCCCc1ccc(NC(=O)c2ccc(I)c(Cl)c2)cc1. The summed E-state index contributed by atoms with van der Waals surface area (Å²) >= 11 is 8.18. The molecule has 1 amide bonds. The van der Waals surface area contributed by atoms with Crippen LogP contribution in [-0.4, -0.2) is 5.91 Å². The molecular weight excluding hydrogens is 397 g/mol. The van der Waals surface area contributed by atoms with Crippen LogP contribution >= 0.6 is 34.2 Å². The van der Waals surface area contributed by atoms with Gasteiger partial charge in [0.25, 0.3) is 5.91 Å². The average molecular weight is 414 g/mol. The van der Waals surface area contributed by atoms with Crippen LogP contribution in [0.5, 0.6) is 0 Å². The van der Waals surface area contributed by atoms with Gasteiger partial charge in [-0.3, -0.25) is 4.79 Å². The first-order valence-corrected chi connectivity index (χ1v) is 8.41. The lowest BCUT2D eigenvalue weighted by Crippen LogP contribution is -2.11. The van der Waals surface area contributed by atoms with E-state index in [0.29, 0.717) is 10.6 Å². The fraction of sp³-hybridized carbons (Fsp3) is 0.235. The van der Waals surface area contributed by atoms with E-state index in [-0.39, 0.29) is 5.91 Å². The second kappa shape index (κ2) is 7.80. The predicted molar refractivity (Wildman–Crippen MR) is 97.2 cm³/mol. The summed E-state index contributed by atoms with van der Waals surface area (Å²) in [6, 6.07) is 13.3. The quantitative estimate of drug-likeness (QED) is 0.641. The largest absolute Gasteiger partial charge is 0.322 e. The Kier molecular flexibility index (Phi) is 6.06. The summed E-state index contributed by atoms with van der Waals surface area (Å²) in [5.74, 6) is -0.144. The molecule has 0 aliphatic rings. The summed E-state index contributed by atoms with van der Waals surface area (Å²) in [5, 5.41) is 3.48. The molecule has 4 heteroatoms. The summed E-state index contributed by atoms with van der Waals surface area (Å²) in [7, 11) is 0. The monoisotopic (exact) mass is 413 g/mol. The van der Waals surface area contributed by atoms with Crippen LogP contribution in [0.15, 0.2) is 42.5 Å². The maximum Gasteiger partial charge on any atom is 0.255 e. The number of benzene rings is 2. The van der Waals surface area contributed by atoms with Crippen LogP contribution in [0.2, 0.25) is 5.02 Å². The molecule has 0 atom stereocenters. The van der Waals surface area contributed by atoms with E-state index in [1.807, 2.05) is 18.2 Å². The van der Waals surface area contributed by atoms with E-state index in [4.69, 9.17) is 11.6 Å². The van der Waals surface area contributed by atoms with Gasteiger partial charge in [-0.05, 0) is 71.3 Å². The third-order valence-corrected chi connectivity index (χ3v) is 4.78. The molecule has 2 aromatic carbocycles. The van der Waals surface area contributed by atoms with Gasteiger partial charge in [0.15, 0.2) is 0 Å². The van der Waals surface area contributed by atoms with Crippen molar-refractivity contribution in [1.29, 1.82) is 0 Å². The van der Waals surface area contributed by atoms with Crippen molar-refractivity contribution >= 4 is 45.8 Å². The number of aryl methyl sites for hydroxylation is 1. The van der Waals surface area contributed by atoms with Gasteiger partial charge in [-0.2, -0.15) is 0 Å². The number of carbonyl (C=O) groups excluding carboxylic acids is 1. The molecule has 2 rings (SSSR count). The van der Waals surface area contributed by atoms with Crippen LogP contribution in [0.3, 0.4) is 0 Å². The summed E-state index contributed by atoms with van der Waals surface area (Å²) in [4.78, 5) is 12.2. The first-order valence-electron chi connectivity index (χ1n) is 6.95. The van der Waals surface area contributed by atoms with Gasteiger partial charge < -0.3 is 5.32 Å². The van der Waals surface area contributed by atoms with Crippen LogP contribution < -0.4 is 5.32 Å². The molecular formula is C17H17ClINO. The van der Waals surface area contributed by atoms with Gasteiger partial charge in [-0.15, -0.1) is 0 Å². The maximum atomic E-state index is 12.2. The molecule has 0 aliphatic heterocycles. The van der Waals surface area contributed by atoms with Crippen molar-refractivity contribution in [1.82, 2.24) is 0 Å². The number of carbonyl (C=O) groups is 1. The third kappa shape index (κ3) is 4.71. The number of nitrogens with one attached hydrogen (secondary N) is 1. The predicted octanol–water partition coefficient (Wildman–Crippen LogP) is 5.54. The van der Waals surface area contributed by atoms with Crippen molar-refractivity contribution < 1.29 is 4.79 Å². The molecule has 0 saturated heterocycles. The van der Waals surface area contributed by atoms with Gasteiger partial charge in [-0.25, -0.2) is 0 Å². The Hall–Kier alpha value is -1.07. The van der Waals surface area contributed by atoms with E-state index in [0.717, 1.165) is 15.7 Å². The highest BCUT2D eigenvalue weighted by Crippen LogP contribution is 2.20. The van der Waals surface area contributed by atoms with Gasteiger partial charge in [0, 0.05) is 14.8 Å². The fourth-order valence-electron chi connectivity index (χ4n) is 1.98. The van der Waals surface area contributed by atoms with Crippen LogP contribution in [0.4, 0.5) is 5.69 Å². The van der Waals surface area contributed by atoms with Crippen molar-refractivity contribution in [2.24, 2.45) is 0 Å². The first kappa shape index (κ1) is 16.3. The summed E-state index contributed by atoms with van der Waals surface area (Å²) in [6.07, 6.45) is 3.45. The van der Waals surface area contributed by atoms with E-state index in [1.54, 1.807) is 12.1 Å². The second-order valence-electron chi connectivity index (χ2n) is 4.88. The number of anilines is 1. The van der Waals surface area contributed by atoms with Crippen LogP contribution in [0, 0.1) is 3.57 Å². The van der Waals surface area contributed by atoms with E-state index in [1.165, 1.54) is 18.4 Å². The number of hydrogen-bond donors (Lipinski definition) is 1. The Morgan fingerprint density at radius 3 is 2.52 bits per heavy atom. The van der Waals surface area contributed by atoms with Crippen molar-refractivity contribution in [3.8, 4) is 0 Å². The van der Waals surface area contributed by atoms with E-state index < -0.39 is 0 Å². The second-order valence-corrected chi connectivity index (χ2v) is 6.45. The highest BCUT2D eigenvalue weighted by molar-refractivity contribution is 14.1. The van der Waals surface area contributed by atoms with Gasteiger partial charge in [0.05, 0.1) is 5.02 Å². The van der Waals surface area contributed by atoms with Crippen LogP contribution in [0.25, 0.3) is 0 Å². The molecule has 1 N–H and O–H groups in total. The highest BCUT2D eigenvalue weighted by atomic mass is 127. The van der Waals surface area contributed by atoms with Crippen molar-refractivity contribution in [2.45, 2.75) is 26.2 Å². The number of hydrogen-bond acceptors (Lipinski definition) is 1. The summed E-state index contributed by atoms with van der Waals surface area (Å²) in [5.41, 5.74) is 2.66. The Bertz CT molecular complexity index is 625. The zero-order valence-corrected chi connectivity index (χ0v) is 14.7. The number of halogens is 2. The fourth-order valence-corrected chi connectivity index (χ4v) is 2.49. The zero-order valence-electron chi connectivity index (χ0n) is 11.8. The van der Waals surface area contributed by atoms with Crippen molar-refractivity contribution in [3.63, 3.8) is 0 Å². The molecule has 0 spiro atoms. The third-order valence-electron chi connectivity index (χ3n) is 3.21. The highest BCUT2D eigenvalue weighted by Gasteiger charge is 2.08. The minimum atomic E-state index is -0.144. The molecule has 2 aromatic rings. The molecule has 0 bridgehead atoms. The molecule has 0 aliphatic carbocycles. The number of amides is 1. The lowest BCUT2D eigenvalue weighted by Gasteiger charge is -2.07. The minimum absolute atomic E-state index is 0.144. The Balaban J connectivity index is 2.03. The molecule has 0 heterocycles. The summed E-state index contributed by atoms with van der Waals surface area (Å²) < 4.78 is 0.936. The minimum Gasteiger partial charge on any atom is -0.322 e. The Morgan fingerprint density at radius 1 is 1.19 bits per heavy atom. The van der Waals surface area contributed by atoms with Gasteiger partial charge >= 0.3 is 0 Å². The molecule has 0 fully saturated rings. The van der Waals surface area contributed by atoms with E-state index in [2.05, 4.69) is 47.0 Å². The van der Waals surface area contributed by atoms with Gasteiger partial charge in [0.2, 0.25) is 0 Å². The lowest BCUT2D eigenvalue weighted by atomic mass is 10.1. The standard InChI is InChI=1S/C17H17ClINO/c1-2-3-4-12-5-8-14(9-6-12)20-17(21)13-7-10-16(19)15(18)11-13/h5-11H,2-4H2,1H3,(H,20,21). The molecule has 21 heavy (non-hydrogen) atoms. The zero-order chi connectivity index (χ0) is 15.2. The molecule has 110 valence electrons. The van der Waals surface area contributed by atoms with Gasteiger partial charge in [0.1, 0.15) is 0 Å². The van der Waals surface area contributed by atoms with Crippen LogP contribution in [0.1, 0.15) is 35.7 Å². The maximum absolute atomic E-state index is 12.2. The molecule has 0 saturated carbocycles. The Labute approximate surface area is 144 Å². The molecule has 2 nitrogen and oxygen atoms in total. The Morgan fingerprint density at radius 2 is 1.90 bits per heavy atom. The molecule has 0 aromatic heterocycles. The number of unbranched alkanes of at least 4 members (excludes halogenated alkanes) is 1. The lowest BCUT2D eigenvalue weighted by molar-refractivity contribution is 0.102. The topological polar surface area (TPSA) is 29.1 Å². The normalized spacial score (nSPS) is 10.4. The van der Waals surface area contributed by atoms with Crippen molar-refractivity contribution in [2.75, 3.05) is 5.32 Å². The van der Waals surface area contributed by atoms with Gasteiger partial charge in [-0.1, -0.05) is 37.1 Å². The summed E-state index contributed by atoms with van der Waals surface area (Å²) in [6.45, 7) is 2.18. The van der Waals surface area contributed by atoms with E-state index >= 15 is 0 Å². The van der Waals surface area contributed by atoms with Crippen molar-refractivity contribution in [3.05, 3.63) is 62.2 Å². The van der Waals surface area contributed by atoms with E-state index in [9.17, 15) is 4.79 Å². The smallest absolute Gasteiger partial charge is 0.255 e. The van der Waals surface area contributed by atoms with Crippen LogP contribution in [-0.2, 0) is 6.42 Å². The average Bonchev–Trinajstić information content (AvgIpc) is 2.49. The molecule has 0 unspecified atom stereocenters. The first-order chi connectivity index (χ1) is 10.1. The number of rotatable bonds is 5. The molecule has 0 radical (unpaired) electrons.